The number of rotatable bonds is 4. The third-order valence-electron chi connectivity index (χ3n) is 2.27. The number of nitrogen functional groups attached to an aromatic ring is 1. The van der Waals surface area contributed by atoms with Gasteiger partial charge in [-0.3, -0.25) is 8.89 Å². The van der Waals surface area contributed by atoms with E-state index in [0.29, 0.717) is 18.0 Å². The molecule has 0 saturated heterocycles. The molecular formula is C11H12FN3OS. The van der Waals surface area contributed by atoms with Gasteiger partial charge in [-0.2, -0.15) is 5.10 Å². The van der Waals surface area contributed by atoms with Gasteiger partial charge in [0.2, 0.25) is 0 Å². The standard InChI is InChI=1S/C11H12FN3OS/c12-10-8-9(13)2-3-11(10)17(16)7-6-15-5-1-4-14-15/h1-5,8H,6-7,13H2. The lowest BCUT2D eigenvalue weighted by molar-refractivity contribution is 0.593. The van der Waals surface area contributed by atoms with Gasteiger partial charge in [0, 0.05) is 23.8 Å². The number of benzene rings is 1. The van der Waals surface area contributed by atoms with Gasteiger partial charge in [-0.25, -0.2) is 4.39 Å². The molecule has 0 aliphatic rings. The number of hydrogen-bond donors (Lipinski definition) is 1. The summed E-state index contributed by atoms with van der Waals surface area (Å²) in [5, 5.41) is 3.99. The molecule has 0 amide bonds. The average molecular weight is 253 g/mol. The quantitative estimate of drug-likeness (QED) is 0.838. The zero-order valence-corrected chi connectivity index (χ0v) is 9.86. The van der Waals surface area contributed by atoms with Crippen LogP contribution in [0.3, 0.4) is 0 Å². The van der Waals surface area contributed by atoms with Gasteiger partial charge >= 0.3 is 0 Å². The second kappa shape index (κ2) is 5.09. The Morgan fingerprint density at radius 1 is 1.47 bits per heavy atom. The first-order valence-corrected chi connectivity index (χ1v) is 6.39. The molecule has 0 spiro atoms. The molecule has 17 heavy (non-hydrogen) atoms. The van der Waals surface area contributed by atoms with Crippen molar-refractivity contribution in [3.05, 3.63) is 42.5 Å². The van der Waals surface area contributed by atoms with E-state index in [0.717, 1.165) is 0 Å². The van der Waals surface area contributed by atoms with Crippen LogP contribution in [0.4, 0.5) is 10.1 Å². The maximum absolute atomic E-state index is 13.5. The van der Waals surface area contributed by atoms with Crippen LogP contribution in [0.15, 0.2) is 41.6 Å². The molecule has 2 rings (SSSR count). The maximum Gasteiger partial charge on any atom is 0.141 e. The van der Waals surface area contributed by atoms with Crippen molar-refractivity contribution in [3.8, 4) is 0 Å². The SMILES string of the molecule is Nc1ccc(S(=O)CCn2cccn2)c(F)c1. The van der Waals surface area contributed by atoms with Crippen molar-refractivity contribution in [2.24, 2.45) is 0 Å². The highest BCUT2D eigenvalue weighted by Gasteiger charge is 2.10. The Morgan fingerprint density at radius 2 is 2.29 bits per heavy atom. The molecular weight excluding hydrogens is 241 g/mol. The van der Waals surface area contributed by atoms with E-state index in [9.17, 15) is 8.60 Å². The van der Waals surface area contributed by atoms with Gasteiger partial charge in [-0.15, -0.1) is 0 Å². The van der Waals surface area contributed by atoms with E-state index in [1.165, 1.54) is 12.1 Å². The van der Waals surface area contributed by atoms with Gasteiger partial charge in [-0.1, -0.05) is 0 Å². The molecule has 0 aliphatic heterocycles. The minimum Gasteiger partial charge on any atom is -0.399 e. The number of nitrogens with zero attached hydrogens (tertiary/aromatic N) is 2. The molecule has 0 aliphatic carbocycles. The van der Waals surface area contributed by atoms with Crippen molar-refractivity contribution in [1.82, 2.24) is 9.78 Å². The minimum absolute atomic E-state index is 0.186. The minimum atomic E-state index is -1.38. The first-order valence-electron chi connectivity index (χ1n) is 5.07. The zero-order valence-electron chi connectivity index (χ0n) is 9.04. The fourth-order valence-electron chi connectivity index (χ4n) is 1.42. The van der Waals surface area contributed by atoms with Crippen LogP contribution >= 0.6 is 0 Å². The summed E-state index contributed by atoms with van der Waals surface area (Å²) in [5.41, 5.74) is 5.75. The highest BCUT2D eigenvalue weighted by atomic mass is 32.2. The Hall–Kier alpha value is -1.69. The van der Waals surface area contributed by atoms with E-state index < -0.39 is 16.6 Å². The Kier molecular flexibility index (Phi) is 3.53. The smallest absolute Gasteiger partial charge is 0.141 e. The molecule has 2 aromatic rings. The van der Waals surface area contributed by atoms with Gasteiger partial charge in [0.05, 0.1) is 22.2 Å². The van der Waals surface area contributed by atoms with Gasteiger partial charge < -0.3 is 5.73 Å². The molecule has 2 N–H and O–H groups in total. The van der Waals surface area contributed by atoms with Crippen LogP contribution in [0.25, 0.3) is 0 Å². The van der Waals surface area contributed by atoms with Crippen molar-refractivity contribution in [2.75, 3.05) is 11.5 Å². The summed E-state index contributed by atoms with van der Waals surface area (Å²) in [6.07, 6.45) is 3.42. The predicted molar refractivity (Wildman–Crippen MR) is 64.3 cm³/mol. The zero-order chi connectivity index (χ0) is 12.3. The van der Waals surface area contributed by atoms with Crippen molar-refractivity contribution < 1.29 is 8.60 Å². The first kappa shape index (κ1) is 11.8. The second-order valence-corrected chi connectivity index (χ2v) is 5.05. The Bertz CT molecular complexity index is 528. The lowest BCUT2D eigenvalue weighted by Gasteiger charge is -2.04. The Balaban J connectivity index is 2.04. The molecule has 4 nitrogen and oxygen atoms in total. The summed E-state index contributed by atoms with van der Waals surface area (Å²) in [6.45, 7) is 0.490. The number of hydrogen-bond acceptors (Lipinski definition) is 3. The van der Waals surface area contributed by atoms with E-state index >= 15 is 0 Å². The maximum atomic E-state index is 13.5. The molecule has 1 aromatic carbocycles. The molecule has 1 heterocycles. The van der Waals surface area contributed by atoms with Crippen LogP contribution in [0.1, 0.15) is 0 Å². The topological polar surface area (TPSA) is 60.9 Å². The Morgan fingerprint density at radius 3 is 2.94 bits per heavy atom. The van der Waals surface area contributed by atoms with Crippen LogP contribution < -0.4 is 5.73 Å². The fourth-order valence-corrected chi connectivity index (χ4v) is 2.49. The van der Waals surface area contributed by atoms with E-state index in [4.69, 9.17) is 5.73 Å². The molecule has 0 radical (unpaired) electrons. The lowest BCUT2D eigenvalue weighted by Crippen LogP contribution is -2.09. The molecule has 1 atom stereocenters. The number of nitrogens with two attached hydrogens (primary N) is 1. The third kappa shape index (κ3) is 2.91. The normalized spacial score (nSPS) is 12.5. The largest absolute Gasteiger partial charge is 0.399 e. The summed E-state index contributed by atoms with van der Waals surface area (Å²) in [6, 6.07) is 5.97. The van der Waals surface area contributed by atoms with E-state index in [-0.39, 0.29) is 4.90 Å². The van der Waals surface area contributed by atoms with Crippen molar-refractivity contribution in [1.29, 1.82) is 0 Å². The predicted octanol–water partition coefficient (Wildman–Crippen LogP) is 1.41. The van der Waals surface area contributed by atoms with Crippen LogP contribution in [-0.4, -0.2) is 19.7 Å². The first-order chi connectivity index (χ1) is 8.16. The van der Waals surface area contributed by atoms with Crippen LogP contribution in [0.2, 0.25) is 0 Å². The molecule has 6 heteroatoms. The molecule has 1 unspecified atom stereocenters. The summed E-state index contributed by atoms with van der Waals surface area (Å²) in [4.78, 5) is 0.186. The van der Waals surface area contributed by atoms with Crippen LogP contribution in [-0.2, 0) is 17.3 Å². The monoisotopic (exact) mass is 253 g/mol. The highest BCUT2D eigenvalue weighted by molar-refractivity contribution is 7.85. The van der Waals surface area contributed by atoms with Gasteiger partial charge in [-0.05, 0) is 24.3 Å². The van der Waals surface area contributed by atoms with Gasteiger partial charge in [0.25, 0.3) is 0 Å². The van der Waals surface area contributed by atoms with E-state index in [1.807, 2.05) is 0 Å². The van der Waals surface area contributed by atoms with Gasteiger partial charge in [0.15, 0.2) is 0 Å². The summed E-state index contributed by atoms with van der Waals surface area (Å²) < 4.78 is 27.0. The molecule has 1 aromatic heterocycles. The Labute approximate surface area is 101 Å². The van der Waals surface area contributed by atoms with Crippen molar-refractivity contribution in [2.45, 2.75) is 11.4 Å². The lowest BCUT2D eigenvalue weighted by atomic mass is 10.3. The van der Waals surface area contributed by atoms with Crippen molar-refractivity contribution in [3.63, 3.8) is 0 Å². The second-order valence-electron chi connectivity index (χ2n) is 3.51. The molecule has 0 saturated carbocycles. The molecule has 0 bridgehead atoms. The molecule has 0 fully saturated rings. The summed E-state index contributed by atoms with van der Waals surface area (Å²) in [5.74, 6) is -0.202. The van der Waals surface area contributed by atoms with Gasteiger partial charge in [0.1, 0.15) is 5.82 Å². The fraction of sp³-hybridized carbons (Fsp3) is 0.182. The van der Waals surface area contributed by atoms with Crippen LogP contribution in [0.5, 0.6) is 0 Å². The number of aromatic nitrogens is 2. The molecule has 90 valence electrons. The van der Waals surface area contributed by atoms with Crippen molar-refractivity contribution >= 4 is 16.5 Å². The number of anilines is 1. The average Bonchev–Trinajstić information content (AvgIpc) is 2.78. The third-order valence-corrected chi connectivity index (χ3v) is 3.64. The van der Waals surface area contributed by atoms with E-state index in [2.05, 4.69) is 5.10 Å². The summed E-state index contributed by atoms with van der Waals surface area (Å²) >= 11 is 0. The number of aryl methyl sites for hydroxylation is 1. The van der Waals surface area contributed by atoms with Crippen LogP contribution in [0, 0.1) is 5.82 Å². The highest BCUT2D eigenvalue weighted by Crippen LogP contribution is 2.15. The summed E-state index contributed by atoms with van der Waals surface area (Å²) in [7, 11) is -1.38. The number of halogens is 1. The van der Waals surface area contributed by atoms with E-state index in [1.54, 1.807) is 29.2 Å².